The van der Waals surface area contributed by atoms with Crippen molar-refractivity contribution in [3.63, 3.8) is 0 Å². The highest BCUT2D eigenvalue weighted by Gasteiger charge is 2.27. The van der Waals surface area contributed by atoms with Crippen LogP contribution in [0, 0.1) is 0 Å². The van der Waals surface area contributed by atoms with Crippen molar-refractivity contribution in [2.45, 2.75) is 24.8 Å². The van der Waals surface area contributed by atoms with Gasteiger partial charge in [0, 0.05) is 25.9 Å². The summed E-state index contributed by atoms with van der Waals surface area (Å²) in [6, 6.07) is 2.74. The van der Waals surface area contributed by atoms with Gasteiger partial charge in [0.05, 0.1) is 6.61 Å². The molecule has 19 heavy (non-hydrogen) atoms. The largest absolute Gasteiger partial charge is 0.383 e. The smallest absolute Gasteiger partial charge is 0.244 e. The maximum Gasteiger partial charge on any atom is 0.244 e. The molecule has 0 aliphatic rings. The lowest BCUT2D eigenvalue weighted by atomic mass is 10.4. The zero-order valence-corrected chi connectivity index (χ0v) is 12.1. The van der Waals surface area contributed by atoms with Gasteiger partial charge in [-0.3, -0.25) is 0 Å². The number of methoxy groups -OCH3 is 1. The van der Waals surface area contributed by atoms with E-state index in [1.165, 1.54) is 22.6 Å². The van der Waals surface area contributed by atoms with Gasteiger partial charge in [-0.05, 0) is 19.1 Å². The van der Waals surface area contributed by atoms with Crippen molar-refractivity contribution in [1.82, 2.24) is 9.29 Å². The van der Waals surface area contributed by atoms with Crippen molar-refractivity contribution < 1.29 is 13.2 Å². The lowest BCUT2D eigenvalue weighted by Crippen LogP contribution is -2.40. The van der Waals surface area contributed by atoms with Crippen LogP contribution in [0.5, 0.6) is 0 Å². The molecular formula is C11H20N4O3S. The number of anilines is 1. The number of aromatic nitrogens is 1. The molecule has 1 aromatic heterocycles. The quantitative estimate of drug-likeness (QED) is 0.557. The van der Waals surface area contributed by atoms with E-state index in [9.17, 15) is 8.42 Å². The molecule has 1 unspecified atom stereocenters. The monoisotopic (exact) mass is 288 g/mol. The Morgan fingerprint density at radius 2 is 2.21 bits per heavy atom. The zero-order chi connectivity index (χ0) is 14.5. The van der Waals surface area contributed by atoms with Crippen molar-refractivity contribution >= 4 is 15.8 Å². The number of rotatable bonds is 7. The Morgan fingerprint density at radius 1 is 1.53 bits per heavy atom. The van der Waals surface area contributed by atoms with Crippen molar-refractivity contribution in [3.8, 4) is 0 Å². The summed E-state index contributed by atoms with van der Waals surface area (Å²) in [6.45, 7) is 4.29. The van der Waals surface area contributed by atoms with Crippen LogP contribution in [0.4, 0.5) is 5.82 Å². The Balaban J connectivity index is 3.05. The van der Waals surface area contributed by atoms with Gasteiger partial charge in [0.15, 0.2) is 0 Å². The first-order valence-electron chi connectivity index (χ1n) is 5.90. The summed E-state index contributed by atoms with van der Waals surface area (Å²) in [4.78, 5) is 4.05. The third kappa shape index (κ3) is 3.63. The van der Waals surface area contributed by atoms with Gasteiger partial charge in [0.25, 0.3) is 0 Å². The Kier molecular flexibility index (Phi) is 5.67. The number of nitrogen functional groups attached to an aromatic ring is 1. The molecule has 0 bridgehead atoms. The van der Waals surface area contributed by atoms with Gasteiger partial charge < -0.3 is 10.2 Å². The average Bonchev–Trinajstić information content (AvgIpc) is 2.39. The van der Waals surface area contributed by atoms with Crippen LogP contribution >= 0.6 is 0 Å². The van der Waals surface area contributed by atoms with Gasteiger partial charge in [-0.15, -0.1) is 0 Å². The fourth-order valence-electron chi connectivity index (χ4n) is 1.80. The fraction of sp³-hybridized carbons (Fsp3) is 0.545. The summed E-state index contributed by atoms with van der Waals surface area (Å²) in [5.74, 6) is 5.60. The molecule has 0 radical (unpaired) electrons. The number of nitrogens with one attached hydrogen (secondary N) is 1. The minimum Gasteiger partial charge on any atom is -0.383 e. The predicted octanol–water partition coefficient (Wildman–Crippen LogP) is 0.413. The molecule has 0 aliphatic heterocycles. The summed E-state index contributed by atoms with van der Waals surface area (Å²) in [6.07, 6.45) is 1.28. The van der Waals surface area contributed by atoms with E-state index in [1.807, 2.05) is 0 Å². The van der Waals surface area contributed by atoms with E-state index in [4.69, 9.17) is 10.6 Å². The van der Waals surface area contributed by atoms with E-state index in [-0.39, 0.29) is 10.9 Å². The van der Waals surface area contributed by atoms with E-state index in [1.54, 1.807) is 21.0 Å². The fourth-order valence-corrected chi connectivity index (χ4v) is 3.37. The van der Waals surface area contributed by atoms with E-state index in [0.29, 0.717) is 19.0 Å². The molecule has 108 valence electrons. The van der Waals surface area contributed by atoms with Gasteiger partial charge in [-0.2, -0.15) is 4.31 Å². The maximum absolute atomic E-state index is 12.5. The Labute approximate surface area is 113 Å². The van der Waals surface area contributed by atoms with Crippen LogP contribution in [-0.4, -0.2) is 44.0 Å². The number of likely N-dealkylation sites (N-methyl/N-ethyl adjacent to an activating group) is 1. The molecule has 1 heterocycles. The second-order valence-electron chi connectivity index (χ2n) is 4.04. The number of hydrogen-bond acceptors (Lipinski definition) is 6. The van der Waals surface area contributed by atoms with Crippen LogP contribution in [0.1, 0.15) is 13.8 Å². The predicted molar refractivity (Wildman–Crippen MR) is 73.0 cm³/mol. The number of nitrogens with two attached hydrogens (primary N) is 1. The SMILES string of the molecule is CCN(C(C)COC)S(=O)(=O)c1ccc(NN)nc1. The minimum absolute atomic E-state index is 0.135. The van der Waals surface area contributed by atoms with Crippen molar-refractivity contribution in [1.29, 1.82) is 0 Å². The average molecular weight is 288 g/mol. The van der Waals surface area contributed by atoms with E-state index >= 15 is 0 Å². The summed E-state index contributed by atoms with van der Waals surface area (Å²) < 4.78 is 31.3. The lowest BCUT2D eigenvalue weighted by Gasteiger charge is -2.26. The third-order valence-corrected chi connectivity index (χ3v) is 4.77. The van der Waals surface area contributed by atoms with Crippen LogP contribution in [0.2, 0.25) is 0 Å². The third-order valence-electron chi connectivity index (χ3n) is 2.70. The number of sulfonamides is 1. The van der Waals surface area contributed by atoms with Crippen LogP contribution < -0.4 is 11.3 Å². The first-order chi connectivity index (χ1) is 8.97. The number of nitrogens with zero attached hydrogens (tertiary/aromatic N) is 2. The summed E-state index contributed by atoms with van der Waals surface area (Å²) in [5, 5.41) is 0. The molecule has 0 aliphatic carbocycles. The molecule has 0 spiro atoms. The molecule has 0 fully saturated rings. The van der Waals surface area contributed by atoms with E-state index < -0.39 is 10.0 Å². The number of hydrazine groups is 1. The van der Waals surface area contributed by atoms with Crippen LogP contribution in [-0.2, 0) is 14.8 Å². The molecule has 0 saturated carbocycles. The minimum atomic E-state index is -3.58. The number of ether oxygens (including phenoxy) is 1. The van der Waals surface area contributed by atoms with Gasteiger partial charge >= 0.3 is 0 Å². The highest BCUT2D eigenvalue weighted by Crippen LogP contribution is 2.18. The first kappa shape index (κ1) is 15.8. The van der Waals surface area contributed by atoms with E-state index in [0.717, 1.165) is 0 Å². The van der Waals surface area contributed by atoms with Crippen molar-refractivity contribution in [3.05, 3.63) is 18.3 Å². The Bertz CT molecular complexity index is 489. The highest BCUT2D eigenvalue weighted by molar-refractivity contribution is 7.89. The summed E-state index contributed by atoms with van der Waals surface area (Å²) in [7, 11) is -2.03. The topological polar surface area (TPSA) is 97.5 Å². The standard InChI is InChI=1S/C11H20N4O3S/c1-4-15(9(2)8-18-3)19(16,17)10-5-6-11(14-12)13-7-10/h5-7,9H,4,8,12H2,1-3H3,(H,13,14). The molecule has 3 N–H and O–H groups in total. The molecule has 0 aromatic carbocycles. The molecular weight excluding hydrogens is 268 g/mol. The Hall–Kier alpha value is -1.22. The molecule has 8 heteroatoms. The van der Waals surface area contributed by atoms with Crippen LogP contribution in [0.3, 0.4) is 0 Å². The molecule has 7 nitrogen and oxygen atoms in total. The van der Waals surface area contributed by atoms with Gasteiger partial charge in [0.2, 0.25) is 10.0 Å². The van der Waals surface area contributed by atoms with Crippen molar-refractivity contribution in [2.24, 2.45) is 5.84 Å². The molecule has 1 aromatic rings. The maximum atomic E-state index is 12.5. The van der Waals surface area contributed by atoms with E-state index in [2.05, 4.69) is 10.4 Å². The Morgan fingerprint density at radius 3 is 2.63 bits per heavy atom. The van der Waals surface area contributed by atoms with Gasteiger partial charge in [-0.1, -0.05) is 6.92 Å². The molecule has 0 saturated heterocycles. The van der Waals surface area contributed by atoms with Crippen LogP contribution in [0.15, 0.2) is 23.2 Å². The lowest BCUT2D eigenvalue weighted by molar-refractivity contribution is 0.142. The first-order valence-corrected chi connectivity index (χ1v) is 7.34. The van der Waals surface area contributed by atoms with Gasteiger partial charge in [0.1, 0.15) is 10.7 Å². The second-order valence-corrected chi connectivity index (χ2v) is 5.93. The second kappa shape index (κ2) is 6.80. The van der Waals surface area contributed by atoms with Crippen molar-refractivity contribution in [2.75, 3.05) is 25.7 Å². The summed E-state index contributed by atoms with van der Waals surface area (Å²) >= 11 is 0. The molecule has 0 amide bonds. The number of pyridine rings is 1. The normalized spacial score (nSPS) is 13.5. The zero-order valence-electron chi connectivity index (χ0n) is 11.3. The molecule has 1 rings (SSSR count). The van der Waals surface area contributed by atoms with Gasteiger partial charge in [-0.25, -0.2) is 19.2 Å². The van der Waals surface area contributed by atoms with Crippen LogP contribution in [0.25, 0.3) is 0 Å². The highest BCUT2D eigenvalue weighted by atomic mass is 32.2. The summed E-state index contributed by atoms with van der Waals surface area (Å²) in [5.41, 5.74) is 2.35. The molecule has 1 atom stereocenters. The number of hydrogen-bond donors (Lipinski definition) is 2.